The number of hydrogen-bond donors (Lipinski definition) is 3. The second-order valence-corrected chi connectivity index (χ2v) is 7.76. The SMILES string of the molecule is CC(C)(C)NC(=O)Nc1ccc(Cl)c(-c2nc(-c3ccc(CN)cc3)no2)c1. The van der Waals surface area contributed by atoms with E-state index < -0.39 is 0 Å². The van der Waals surface area contributed by atoms with Crippen LogP contribution in [0.3, 0.4) is 0 Å². The number of nitrogens with one attached hydrogen (secondary N) is 2. The van der Waals surface area contributed by atoms with E-state index in [-0.39, 0.29) is 17.5 Å². The highest BCUT2D eigenvalue weighted by Gasteiger charge is 2.17. The molecule has 0 aliphatic carbocycles. The summed E-state index contributed by atoms with van der Waals surface area (Å²) in [6.45, 7) is 6.18. The number of halogens is 1. The maximum atomic E-state index is 12.1. The Bertz CT molecular complexity index is 977. The van der Waals surface area contributed by atoms with E-state index in [9.17, 15) is 4.79 Å². The molecular weight excluding hydrogens is 378 g/mol. The Morgan fingerprint density at radius 3 is 2.54 bits per heavy atom. The van der Waals surface area contributed by atoms with E-state index in [2.05, 4.69) is 20.8 Å². The van der Waals surface area contributed by atoms with Crippen molar-refractivity contribution in [2.45, 2.75) is 32.9 Å². The minimum Gasteiger partial charge on any atom is -0.334 e. The second kappa shape index (κ2) is 8.00. The average Bonchev–Trinajstić information content (AvgIpc) is 3.11. The zero-order chi connectivity index (χ0) is 20.3. The highest BCUT2D eigenvalue weighted by molar-refractivity contribution is 6.33. The highest BCUT2D eigenvalue weighted by atomic mass is 35.5. The third-order valence-electron chi connectivity index (χ3n) is 3.82. The molecule has 1 heterocycles. The van der Waals surface area contributed by atoms with Crippen molar-refractivity contribution in [1.29, 1.82) is 0 Å². The highest BCUT2D eigenvalue weighted by Crippen LogP contribution is 2.31. The maximum Gasteiger partial charge on any atom is 0.319 e. The topological polar surface area (TPSA) is 106 Å². The fourth-order valence-electron chi connectivity index (χ4n) is 2.51. The molecule has 146 valence electrons. The summed E-state index contributed by atoms with van der Waals surface area (Å²) in [4.78, 5) is 16.5. The van der Waals surface area contributed by atoms with Crippen LogP contribution in [0.5, 0.6) is 0 Å². The van der Waals surface area contributed by atoms with Crippen LogP contribution >= 0.6 is 11.6 Å². The van der Waals surface area contributed by atoms with Crippen LogP contribution in [0.15, 0.2) is 47.0 Å². The molecule has 0 radical (unpaired) electrons. The Kier molecular flexibility index (Phi) is 5.67. The molecule has 1 aromatic heterocycles. The zero-order valence-corrected chi connectivity index (χ0v) is 16.7. The molecule has 0 aliphatic heterocycles. The molecule has 7 nitrogen and oxygen atoms in total. The molecule has 28 heavy (non-hydrogen) atoms. The molecule has 8 heteroatoms. The van der Waals surface area contributed by atoms with Gasteiger partial charge in [-0.1, -0.05) is 41.0 Å². The van der Waals surface area contributed by atoms with Gasteiger partial charge in [-0.25, -0.2) is 4.79 Å². The first-order chi connectivity index (χ1) is 13.2. The van der Waals surface area contributed by atoms with Crippen LogP contribution in [0.25, 0.3) is 22.8 Å². The molecule has 0 saturated carbocycles. The van der Waals surface area contributed by atoms with Crippen LogP contribution in [0.4, 0.5) is 10.5 Å². The van der Waals surface area contributed by atoms with Gasteiger partial charge < -0.3 is 20.9 Å². The van der Waals surface area contributed by atoms with Crippen LogP contribution in [-0.4, -0.2) is 21.7 Å². The number of rotatable bonds is 4. The Morgan fingerprint density at radius 2 is 1.89 bits per heavy atom. The number of nitrogens with two attached hydrogens (primary N) is 1. The largest absolute Gasteiger partial charge is 0.334 e. The van der Waals surface area contributed by atoms with Crippen molar-refractivity contribution in [3.63, 3.8) is 0 Å². The van der Waals surface area contributed by atoms with E-state index in [1.54, 1.807) is 18.2 Å². The molecule has 0 unspecified atom stereocenters. The molecule has 0 aliphatic rings. The quantitative estimate of drug-likeness (QED) is 0.601. The van der Waals surface area contributed by atoms with Crippen molar-refractivity contribution in [1.82, 2.24) is 15.5 Å². The lowest BCUT2D eigenvalue weighted by Gasteiger charge is -2.20. The van der Waals surface area contributed by atoms with Gasteiger partial charge in [-0.15, -0.1) is 0 Å². The minimum atomic E-state index is -0.347. The van der Waals surface area contributed by atoms with Gasteiger partial charge in [0.2, 0.25) is 5.82 Å². The zero-order valence-electron chi connectivity index (χ0n) is 15.9. The number of anilines is 1. The van der Waals surface area contributed by atoms with Gasteiger partial charge in [0.1, 0.15) is 0 Å². The number of amides is 2. The predicted octanol–water partition coefficient (Wildman–Crippen LogP) is 4.44. The maximum absolute atomic E-state index is 12.1. The van der Waals surface area contributed by atoms with Crippen LogP contribution in [0.1, 0.15) is 26.3 Å². The van der Waals surface area contributed by atoms with Gasteiger partial charge in [-0.2, -0.15) is 4.98 Å². The number of benzene rings is 2. The van der Waals surface area contributed by atoms with Gasteiger partial charge >= 0.3 is 6.03 Å². The minimum absolute atomic E-state index is 0.266. The predicted molar refractivity (Wildman–Crippen MR) is 110 cm³/mol. The molecule has 0 atom stereocenters. The first-order valence-corrected chi connectivity index (χ1v) is 9.15. The second-order valence-electron chi connectivity index (χ2n) is 7.35. The summed E-state index contributed by atoms with van der Waals surface area (Å²) in [6.07, 6.45) is 0. The van der Waals surface area contributed by atoms with E-state index in [1.807, 2.05) is 45.0 Å². The Balaban J connectivity index is 1.83. The van der Waals surface area contributed by atoms with Gasteiger partial charge in [-0.05, 0) is 44.5 Å². The number of hydrogen-bond acceptors (Lipinski definition) is 5. The van der Waals surface area contributed by atoms with Gasteiger partial charge in [0.15, 0.2) is 0 Å². The van der Waals surface area contributed by atoms with Crippen molar-refractivity contribution in [3.8, 4) is 22.8 Å². The van der Waals surface area contributed by atoms with Gasteiger partial charge in [0.05, 0.1) is 10.6 Å². The first-order valence-electron chi connectivity index (χ1n) is 8.77. The van der Waals surface area contributed by atoms with Gasteiger partial charge in [0.25, 0.3) is 5.89 Å². The van der Waals surface area contributed by atoms with Crippen LogP contribution in [-0.2, 0) is 6.54 Å². The number of carbonyl (C=O) groups excluding carboxylic acids is 1. The molecule has 0 fully saturated rings. The summed E-state index contributed by atoms with van der Waals surface area (Å²) in [5, 5.41) is 10.1. The summed E-state index contributed by atoms with van der Waals surface area (Å²) in [5.41, 5.74) is 8.19. The van der Waals surface area contributed by atoms with Crippen molar-refractivity contribution in [3.05, 3.63) is 53.1 Å². The smallest absolute Gasteiger partial charge is 0.319 e. The van der Waals surface area contributed by atoms with Gasteiger partial charge in [-0.3, -0.25) is 0 Å². The first kappa shape index (κ1) is 19.9. The summed E-state index contributed by atoms with van der Waals surface area (Å²) in [5.74, 6) is 0.709. The molecule has 0 spiro atoms. The molecule has 3 aromatic rings. The van der Waals surface area contributed by atoms with Gasteiger partial charge in [0, 0.05) is 23.3 Å². The molecule has 0 saturated heterocycles. The van der Waals surface area contributed by atoms with Crippen molar-refractivity contribution in [2.24, 2.45) is 5.73 Å². The summed E-state index contributed by atoms with van der Waals surface area (Å²) < 4.78 is 5.38. The van der Waals surface area contributed by atoms with E-state index in [4.69, 9.17) is 21.9 Å². The van der Waals surface area contributed by atoms with E-state index in [0.29, 0.717) is 28.6 Å². The summed E-state index contributed by atoms with van der Waals surface area (Å²) in [7, 11) is 0. The number of aromatic nitrogens is 2. The summed E-state index contributed by atoms with van der Waals surface area (Å²) >= 11 is 6.30. The summed E-state index contributed by atoms with van der Waals surface area (Å²) in [6, 6.07) is 12.3. The van der Waals surface area contributed by atoms with Crippen molar-refractivity contribution >= 4 is 23.3 Å². The molecule has 2 aromatic carbocycles. The molecule has 4 N–H and O–H groups in total. The number of carbonyl (C=O) groups is 1. The number of urea groups is 1. The number of nitrogens with zero attached hydrogens (tertiary/aromatic N) is 2. The Labute approximate surface area is 168 Å². The van der Waals surface area contributed by atoms with E-state index in [0.717, 1.165) is 11.1 Å². The fraction of sp³-hybridized carbons (Fsp3) is 0.250. The molecular formula is C20H22ClN5O2. The van der Waals surface area contributed by atoms with Crippen LogP contribution in [0, 0.1) is 0 Å². The van der Waals surface area contributed by atoms with E-state index in [1.165, 1.54) is 0 Å². The Hall–Kier alpha value is -2.90. The lowest BCUT2D eigenvalue weighted by molar-refractivity contribution is 0.244. The van der Waals surface area contributed by atoms with Crippen LogP contribution < -0.4 is 16.4 Å². The van der Waals surface area contributed by atoms with Crippen LogP contribution in [0.2, 0.25) is 5.02 Å². The normalized spacial score (nSPS) is 11.3. The third kappa shape index (κ3) is 4.88. The van der Waals surface area contributed by atoms with Crippen molar-refractivity contribution in [2.75, 3.05) is 5.32 Å². The molecule has 2 amide bonds. The standard InChI is InChI=1S/C20H22ClN5O2/c1-20(2,3)25-19(27)23-14-8-9-16(21)15(10-14)18-24-17(26-28-18)13-6-4-12(11-22)5-7-13/h4-10H,11,22H2,1-3H3,(H2,23,25,27). The Morgan fingerprint density at radius 1 is 1.18 bits per heavy atom. The monoisotopic (exact) mass is 399 g/mol. The third-order valence-corrected chi connectivity index (χ3v) is 4.15. The fourth-order valence-corrected chi connectivity index (χ4v) is 2.71. The van der Waals surface area contributed by atoms with E-state index >= 15 is 0 Å². The van der Waals surface area contributed by atoms with Crippen molar-refractivity contribution < 1.29 is 9.32 Å². The molecule has 3 rings (SSSR count). The lowest BCUT2D eigenvalue weighted by atomic mass is 10.1. The average molecular weight is 400 g/mol. The molecule has 0 bridgehead atoms. The lowest BCUT2D eigenvalue weighted by Crippen LogP contribution is -2.43.